The van der Waals surface area contributed by atoms with E-state index in [9.17, 15) is 4.79 Å². The summed E-state index contributed by atoms with van der Waals surface area (Å²) in [6, 6.07) is 0. The molecule has 0 spiro atoms. The lowest BCUT2D eigenvalue weighted by molar-refractivity contribution is -0.138. The third-order valence-corrected chi connectivity index (χ3v) is 2.17. The van der Waals surface area contributed by atoms with Gasteiger partial charge in [-0.2, -0.15) is 11.8 Å². The average molecular weight is 205 g/mol. The van der Waals surface area contributed by atoms with Gasteiger partial charge in [-0.25, -0.2) is 4.79 Å². The van der Waals surface area contributed by atoms with E-state index < -0.39 is 5.97 Å². The molecule has 0 aliphatic carbocycles. The number of carbonyl (C=O) groups excluding carboxylic acids is 1. The molecule has 4 nitrogen and oxygen atoms in total. The van der Waals surface area contributed by atoms with E-state index in [-0.39, 0.29) is 12.3 Å². The molecule has 0 saturated heterocycles. The van der Waals surface area contributed by atoms with Crippen molar-refractivity contribution in [1.82, 2.24) is 0 Å². The summed E-state index contributed by atoms with van der Waals surface area (Å²) >= 11 is 1.53. The van der Waals surface area contributed by atoms with Gasteiger partial charge in [-0.1, -0.05) is 6.08 Å². The van der Waals surface area contributed by atoms with Crippen LogP contribution in [0.15, 0.2) is 11.8 Å². The molecule has 0 saturated carbocycles. The van der Waals surface area contributed by atoms with E-state index in [1.807, 2.05) is 0 Å². The van der Waals surface area contributed by atoms with Crippen LogP contribution in [-0.2, 0) is 9.53 Å². The quantitative estimate of drug-likeness (QED) is 0.366. The molecule has 76 valence electrons. The van der Waals surface area contributed by atoms with Crippen LogP contribution < -0.4 is 5.73 Å². The monoisotopic (exact) mass is 205 g/mol. The lowest BCUT2D eigenvalue weighted by Gasteiger charge is -2.03. The first-order valence-corrected chi connectivity index (χ1v) is 5.15. The molecule has 0 unspecified atom stereocenters. The first-order valence-electron chi connectivity index (χ1n) is 4.00. The molecule has 5 heteroatoms. The summed E-state index contributed by atoms with van der Waals surface area (Å²) in [5, 5.41) is 8.44. The summed E-state index contributed by atoms with van der Waals surface area (Å²) in [6.07, 6.45) is 1.50. The standard InChI is InChI=1S/C8H15NO3S/c1-2-7(9)8(11)12-4-6-13-5-3-10/h2,10H,3-6,9H2,1H3. The minimum atomic E-state index is -0.480. The molecule has 0 bridgehead atoms. The van der Waals surface area contributed by atoms with Crippen molar-refractivity contribution in [2.24, 2.45) is 5.73 Å². The second kappa shape index (κ2) is 7.94. The number of rotatable bonds is 6. The number of esters is 1. The molecule has 0 atom stereocenters. The Labute approximate surface area is 82.1 Å². The molecule has 0 aromatic carbocycles. The third kappa shape index (κ3) is 6.48. The van der Waals surface area contributed by atoms with Crippen molar-refractivity contribution in [1.29, 1.82) is 0 Å². The van der Waals surface area contributed by atoms with E-state index in [0.717, 1.165) is 0 Å². The number of ether oxygens (including phenoxy) is 1. The predicted molar refractivity (Wildman–Crippen MR) is 53.3 cm³/mol. The van der Waals surface area contributed by atoms with Crippen molar-refractivity contribution < 1.29 is 14.6 Å². The van der Waals surface area contributed by atoms with Crippen molar-refractivity contribution in [2.75, 3.05) is 24.7 Å². The van der Waals surface area contributed by atoms with Crippen molar-refractivity contribution >= 4 is 17.7 Å². The van der Waals surface area contributed by atoms with Crippen LogP contribution in [0, 0.1) is 0 Å². The van der Waals surface area contributed by atoms with Crippen LogP contribution in [0.2, 0.25) is 0 Å². The minimum Gasteiger partial charge on any atom is -0.460 e. The molecule has 0 radical (unpaired) electrons. The fraction of sp³-hybridized carbons (Fsp3) is 0.625. The van der Waals surface area contributed by atoms with Gasteiger partial charge in [0, 0.05) is 11.5 Å². The molecule has 0 aliphatic heterocycles. The molecule has 0 fully saturated rings. The summed E-state index contributed by atoms with van der Waals surface area (Å²) in [5.41, 5.74) is 5.43. The Kier molecular flexibility index (Phi) is 7.53. The van der Waals surface area contributed by atoms with Gasteiger partial charge < -0.3 is 15.6 Å². The summed E-state index contributed by atoms with van der Waals surface area (Å²) < 4.78 is 4.81. The number of nitrogens with two attached hydrogens (primary N) is 1. The molecule has 0 aromatic rings. The van der Waals surface area contributed by atoms with Gasteiger partial charge in [-0.3, -0.25) is 0 Å². The maximum atomic E-state index is 10.9. The van der Waals surface area contributed by atoms with Crippen molar-refractivity contribution in [3.05, 3.63) is 11.8 Å². The zero-order valence-electron chi connectivity index (χ0n) is 7.66. The predicted octanol–water partition coefficient (Wildman–Crippen LogP) is 0.118. The summed E-state index contributed by atoms with van der Waals surface area (Å²) in [6.45, 7) is 2.16. The minimum absolute atomic E-state index is 0.132. The number of carbonyl (C=O) groups is 1. The number of hydrogen-bond donors (Lipinski definition) is 2. The van der Waals surface area contributed by atoms with Gasteiger partial charge in [0.15, 0.2) is 0 Å². The van der Waals surface area contributed by atoms with Gasteiger partial charge >= 0.3 is 5.97 Å². The Hall–Kier alpha value is -0.680. The lowest BCUT2D eigenvalue weighted by Crippen LogP contribution is -2.16. The highest BCUT2D eigenvalue weighted by atomic mass is 32.2. The first kappa shape index (κ1) is 12.3. The van der Waals surface area contributed by atoms with Gasteiger partial charge in [0.25, 0.3) is 0 Å². The fourth-order valence-electron chi connectivity index (χ4n) is 0.561. The van der Waals surface area contributed by atoms with Crippen molar-refractivity contribution in [2.45, 2.75) is 6.92 Å². The summed E-state index contributed by atoms with van der Waals surface area (Å²) in [4.78, 5) is 10.9. The number of allylic oxidation sites excluding steroid dienone is 1. The van der Waals surface area contributed by atoms with Gasteiger partial charge in [-0.05, 0) is 6.92 Å². The average Bonchev–Trinajstić information content (AvgIpc) is 2.16. The largest absolute Gasteiger partial charge is 0.460 e. The van der Waals surface area contributed by atoms with Gasteiger partial charge in [0.1, 0.15) is 12.3 Å². The molecule has 0 amide bonds. The maximum Gasteiger partial charge on any atom is 0.353 e. The third-order valence-electron chi connectivity index (χ3n) is 1.24. The smallest absolute Gasteiger partial charge is 0.353 e. The van der Waals surface area contributed by atoms with Crippen LogP contribution >= 0.6 is 11.8 Å². The highest BCUT2D eigenvalue weighted by Gasteiger charge is 2.03. The fourth-order valence-corrected chi connectivity index (χ4v) is 1.10. The van der Waals surface area contributed by atoms with Crippen molar-refractivity contribution in [3.8, 4) is 0 Å². The zero-order chi connectivity index (χ0) is 10.1. The van der Waals surface area contributed by atoms with Crippen molar-refractivity contribution in [3.63, 3.8) is 0 Å². The maximum absolute atomic E-state index is 10.9. The lowest BCUT2D eigenvalue weighted by atomic mass is 10.4. The van der Waals surface area contributed by atoms with Gasteiger partial charge in [0.2, 0.25) is 0 Å². The Morgan fingerprint density at radius 2 is 2.31 bits per heavy atom. The van der Waals surface area contributed by atoms with E-state index in [2.05, 4.69) is 0 Å². The van der Waals surface area contributed by atoms with E-state index >= 15 is 0 Å². The van der Waals surface area contributed by atoms with Crippen LogP contribution in [0.1, 0.15) is 6.92 Å². The molecule has 0 aromatic heterocycles. The topological polar surface area (TPSA) is 72.6 Å². The van der Waals surface area contributed by atoms with Crippen LogP contribution in [0.25, 0.3) is 0 Å². The second-order valence-corrected chi connectivity index (χ2v) is 3.44. The van der Waals surface area contributed by atoms with Crippen LogP contribution in [0.3, 0.4) is 0 Å². The summed E-state index contributed by atoms with van der Waals surface area (Å²) in [5.74, 6) is 0.868. The van der Waals surface area contributed by atoms with Crippen LogP contribution in [0.5, 0.6) is 0 Å². The molecule has 0 heterocycles. The highest BCUT2D eigenvalue weighted by Crippen LogP contribution is 1.98. The molecule has 0 rings (SSSR count). The Morgan fingerprint density at radius 3 is 2.85 bits per heavy atom. The van der Waals surface area contributed by atoms with Crippen LogP contribution in [0.4, 0.5) is 0 Å². The Morgan fingerprint density at radius 1 is 1.62 bits per heavy atom. The highest BCUT2D eigenvalue weighted by molar-refractivity contribution is 7.99. The summed E-state index contributed by atoms with van der Waals surface area (Å²) in [7, 11) is 0. The second-order valence-electron chi connectivity index (χ2n) is 2.22. The van der Waals surface area contributed by atoms with Gasteiger partial charge in [0.05, 0.1) is 6.61 Å². The SMILES string of the molecule is CC=C(N)C(=O)OCCSCCO. The Balaban J connectivity index is 3.38. The Bertz CT molecular complexity index is 182. The molecular formula is C8H15NO3S. The van der Waals surface area contributed by atoms with E-state index in [4.69, 9.17) is 15.6 Å². The molecule has 13 heavy (non-hydrogen) atoms. The van der Waals surface area contributed by atoms with E-state index in [1.54, 1.807) is 6.92 Å². The number of aliphatic hydroxyl groups is 1. The van der Waals surface area contributed by atoms with E-state index in [0.29, 0.717) is 18.1 Å². The molecule has 0 aliphatic rings. The zero-order valence-corrected chi connectivity index (χ0v) is 8.47. The normalized spacial score (nSPS) is 11.4. The molecular weight excluding hydrogens is 190 g/mol. The number of hydrogen-bond acceptors (Lipinski definition) is 5. The van der Waals surface area contributed by atoms with Gasteiger partial charge in [-0.15, -0.1) is 0 Å². The number of aliphatic hydroxyl groups excluding tert-OH is 1. The van der Waals surface area contributed by atoms with E-state index in [1.165, 1.54) is 17.8 Å². The van der Waals surface area contributed by atoms with Crippen LogP contribution in [-0.4, -0.2) is 35.8 Å². The first-order chi connectivity index (χ1) is 6.22. The molecule has 3 N–H and O–H groups in total. The number of thioether (sulfide) groups is 1.